The van der Waals surface area contributed by atoms with E-state index in [0.29, 0.717) is 19.4 Å². The van der Waals surface area contributed by atoms with Gasteiger partial charge in [-0.25, -0.2) is 13.1 Å². The van der Waals surface area contributed by atoms with Crippen molar-refractivity contribution >= 4 is 37.3 Å². The van der Waals surface area contributed by atoms with Gasteiger partial charge in [-0.1, -0.05) is 6.92 Å². The highest BCUT2D eigenvalue weighted by molar-refractivity contribution is 9.11. The van der Waals surface area contributed by atoms with Crippen LogP contribution in [0.1, 0.15) is 18.2 Å². The lowest BCUT2D eigenvalue weighted by Crippen LogP contribution is -2.34. The van der Waals surface area contributed by atoms with Crippen LogP contribution < -0.4 is 4.72 Å². The molecule has 0 saturated carbocycles. The Hall–Kier alpha value is -0.420. The summed E-state index contributed by atoms with van der Waals surface area (Å²) in [5.41, 5.74) is 0. The number of hydrogen-bond donors (Lipinski definition) is 1. The average Bonchev–Trinajstić information content (AvgIpc) is 2.65. The van der Waals surface area contributed by atoms with Gasteiger partial charge in [-0.15, -0.1) is 11.3 Å². The Kier molecular flexibility index (Phi) is 5.59. The highest BCUT2D eigenvalue weighted by Gasteiger charge is 2.22. The third-order valence-corrected chi connectivity index (χ3v) is 5.67. The maximum absolute atomic E-state index is 11.6. The van der Waals surface area contributed by atoms with Gasteiger partial charge in [0.2, 0.25) is 10.0 Å². The quantitative estimate of drug-likeness (QED) is 0.866. The van der Waals surface area contributed by atoms with E-state index in [0.717, 1.165) is 8.66 Å². The third-order valence-electron chi connectivity index (χ3n) is 2.19. The first-order chi connectivity index (χ1) is 7.99. The van der Waals surface area contributed by atoms with Crippen molar-refractivity contribution in [3.63, 3.8) is 0 Å². The van der Waals surface area contributed by atoms with E-state index in [1.54, 1.807) is 24.3 Å². The van der Waals surface area contributed by atoms with Gasteiger partial charge in [0.25, 0.3) is 0 Å². The van der Waals surface area contributed by atoms with Crippen molar-refractivity contribution in [1.82, 2.24) is 4.72 Å². The predicted molar refractivity (Wildman–Crippen MR) is 72.3 cm³/mol. The van der Waals surface area contributed by atoms with E-state index in [4.69, 9.17) is 5.26 Å². The smallest absolute Gasteiger partial charge is 0.214 e. The fourth-order valence-electron chi connectivity index (χ4n) is 1.28. The average molecular weight is 337 g/mol. The molecular weight excluding hydrogens is 324 g/mol. The monoisotopic (exact) mass is 336 g/mol. The molecule has 0 spiro atoms. The number of nitrogens with one attached hydrogen (secondary N) is 1. The van der Waals surface area contributed by atoms with Crippen molar-refractivity contribution in [2.45, 2.75) is 25.0 Å². The molecule has 0 amide bonds. The molecule has 1 N–H and O–H groups in total. The molecule has 94 valence electrons. The van der Waals surface area contributed by atoms with Gasteiger partial charge in [0.15, 0.2) is 5.25 Å². The highest BCUT2D eigenvalue weighted by atomic mass is 79.9. The first-order valence-electron chi connectivity index (χ1n) is 5.12. The van der Waals surface area contributed by atoms with E-state index in [1.165, 1.54) is 0 Å². The van der Waals surface area contributed by atoms with Crippen LogP contribution in [0.3, 0.4) is 0 Å². The van der Waals surface area contributed by atoms with Crippen LogP contribution in [0.4, 0.5) is 0 Å². The van der Waals surface area contributed by atoms with Crippen LogP contribution in [0.5, 0.6) is 0 Å². The Morgan fingerprint density at radius 2 is 2.29 bits per heavy atom. The third kappa shape index (κ3) is 4.39. The Morgan fingerprint density at radius 1 is 1.59 bits per heavy atom. The highest BCUT2D eigenvalue weighted by Crippen LogP contribution is 2.22. The topological polar surface area (TPSA) is 70.0 Å². The zero-order chi connectivity index (χ0) is 12.9. The molecule has 0 bridgehead atoms. The van der Waals surface area contributed by atoms with Gasteiger partial charge in [0.1, 0.15) is 0 Å². The van der Waals surface area contributed by atoms with E-state index < -0.39 is 15.3 Å². The molecule has 0 aliphatic heterocycles. The minimum atomic E-state index is -3.50. The number of rotatable bonds is 6. The van der Waals surface area contributed by atoms with Gasteiger partial charge >= 0.3 is 0 Å². The second kappa shape index (κ2) is 6.50. The van der Waals surface area contributed by atoms with Crippen LogP contribution in [0, 0.1) is 11.3 Å². The number of hydrogen-bond acceptors (Lipinski definition) is 4. The predicted octanol–water partition coefficient (Wildman–Crippen LogP) is 2.27. The number of halogens is 1. The Bertz CT molecular complexity index is 505. The Morgan fingerprint density at radius 3 is 2.76 bits per heavy atom. The van der Waals surface area contributed by atoms with E-state index in [9.17, 15) is 8.42 Å². The van der Waals surface area contributed by atoms with Crippen molar-refractivity contribution in [2.24, 2.45) is 0 Å². The van der Waals surface area contributed by atoms with Crippen molar-refractivity contribution < 1.29 is 8.42 Å². The van der Waals surface area contributed by atoms with Crippen molar-refractivity contribution in [3.05, 3.63) is 20.8 Å². The zero-order valence-electron chi connectivity index (χ0n) is 9.31. The van der Waals surface area contributed by atoms with E-state index >= 15 is 0 Å². The molecule has 0 fully saturated rings. The van der Waals surface area contributed by atoms with Gasteiger partial charge in [-0.2, -0.15) is 5.26 Å². The van der Waals surface area contributed by atoms with E-state index in [2.05, 4.69) is 20.7 Å². The van der Waals surface area contributed by atoms with Crippen molar-refractivity contribution in [1.29, 1.82) is 5.26 Å². The van der Waals surface area contributed by atoms with Crippen LogP contribution in [-0.4, -0.2) is 20.2 Å². The maximum Gasteiger partial charge on any atom is 0.227 e. The molecule has 4 nitrogen and oxygen atoms in total. The summed E-state index contributed by atoms with van der Waals surface area (Å²) in [6.07, 6.45) is 0.938. The maximum atomic E-state index is 11.6. The van der Waals surface area contributed by atoms with Crippen LogP contribution in [-0.2, 0) is 16.4 Å². The first kappa shape index (κ1) is 14.6. The molecule has 1 unspecified atom stereocenters. The molecule has 0 aromatic carbocycles. The molecule has 0 aliphatic carbocycles. The summed E-state index contributed by atoms with van der Waals surface area (Å²) < 4.78 is 26.8. The minimum Gasteiger partial charge on any atom is -0.214 e. The van der Waals surface area contributed by atoms with E-state index in [1.807, 2.05) is 12.1 Å². The molecule has 0 aliphatic rings. The summed E-state index contributed by atoms with van der Waals surface area (Å²) >= 11 is 4.92. The zero-order valence-corrected chi connectivity index (χ0v) is 12.5. The van der Waals surface area contributed by atoms with Crippen LogP contribution in [0.2, 0.25) is 0 Å². The van der Waals surface area contributed by atoms with Crippen molar-refractivity contribution in [2.75, 3.05) is 6.54 Å². The van der Waals surface area contributed by atoms with Crippen molar-refractivity contribution in [3.8, 4) is 6.07 Å². The second-order valence-electron chi connectivity index (χ2n) is 3.42. The standard InChI is InChI=1S/C10H13BrN2O2S2/c1-2-9(7-12)17(14,15)13-6-5-8-3-4-10(11)16-8/h3-4,9,13H,2,5-6H2,1H3. The lowest BCUT2D eigenvalue weighted by atomic mass is 10.3. The van der Waals surface area contributed by atoms with Crippen LogP contribution in [0.15, 0.2) is 15.9 Å². The van der Waals surface area contributed by atoms with Crippen LogP contribution >= 0.6 is 27.3 Å². The first-order valence-corrected chi connectivity index (χ1v) is 8.27. The Labute approximate surface area is 114 Å². The molecule has 0 radical (unpaired) electrons. The fourth-order valence-corrected chi connectivity index (χ4v) is 3.93. The molecular formula is C10H13BrN2O2S2. The number of nitrogens with zero attached hydrogens (tertiary/aromatic N) is 1. The van der Waals surface area contributed by atoms with Crippen LogP contribution in [0.25, 0.3) is 0 Å². The minimum absolute atomic E-state index is 0.302. The molecule has 1 rings (SSSR count). The molecule has 17 heavy (non-hydrogen) atoms. The largest absolute Gasteiger partial charge is 0.227 e. The number of thiophene rings is 1. The normalized spacial score (nSPS) is 13.2. The fraction of sp³-hybridized carbons (Fsp3) is 0.500. The summed E-state index contributed by atoms with van der Waals surface area (Å²) in [6.45, 7) is 2.01. The van der Waals surface area contributed by atoms with Gasteiger partial charge in [-0.05, 0) is 40.9 Å². The lowest BCUT2D eigenvalue weighted by molar-refractivity contribution is 0.573. The molecule has 1 atom stereocenters. The summed E-state index contributed by atoms with van der Waals surface area (Å²) in [4.78, 5) is 1.10. The lowest BCUT2D eigenvalue weighted by Gasteiger charge is -2.09. The Balaban J connectivity index is 2.49. The molecule has 1 aromatic heterocycles. The number of nitriles is 1. The SMILES string of the molecule is CCC(C#N)S(=O)(=O)NCCc1ccc(Br)s1. The summed E-state index contributed by atoms with van der Waals surface area (Å²) in [5.74, 6) is 0. The molecule has 0 saturated heterocycles. The second-order valence-corrected chi connectivity index (χ2v) is 7.92. The van der Waals surface area contributed by atoms with Gasteiger partial charge in [-0.3, -0.25) is 0 Å². The molecule has 1 heterocycles. The molecule has 1 aromatic rings. The van der Waals surface area contributed by atoms with Gasteiger partial charge in [0.05, 0.1) is 9.86 Å². The summed E-state index contributed by atoms with van der Waals surface area (Å²) in [7, 11) is -3.50. The molecule has 7 heteroatoms. The number of sulfonamides is 1. The van der Waals surface area contributed by atoms with Gasteiger partial charge < -0.3 is 0 Å². The summed E-state index contributed by atoms with van der Waals surface area (Å²) in [6, 6.07) is 5.67. The van der Waals surface area contributed by atoms with E-state index in [-0.39, 0.29) is 0 Å². The van der Waals surface area contributed by atoms with Gasteiger partial charge in [0, 0.05) is 11.4 Å². The summed E-state index contributed by atoms with van der Waals surface area (Å²) in [5, 5.41) is 7.75.